The van der Waals surface area contributed by atoms with Crippen molar-refractivity contribution in [3.63, 3.8) is 0 Å². The van der Waals surface area contributed by atoms with Crippen molar-refractivity contribution in [1.82, 2.24) is 0 Å². The van der Waals surface area contributed by atoms with Gasteiger partial charge in [0.2, 0.25) is 0 Å². The number of benzene rings is 1. The van der Waals surface area contributed by atoms with E-state index >= 15 is 0 Å². The zero-order valence-corrected chi connectivity index (χ0v) is 13.6. The number of thioether (sulfide) groups is 1. The molecule has 0 atom stereocenters. The van der Waals surface area contributed by atoms with E-state index in [9.17, 15) is 0 Å². The van der Waals surface area contributed by atoms with E-state index in [1.807, 2.05) is 72.3 Å². The van der Waals surface area contributed by atoms with Crippen LogP contribution in [0.25, 0.3) is 0 Å². The van der Waals surface area contributed by atoms with Crippen molar-refractivity contribution in [1.29, 1.82) is 0 Å². The number of aryl methyl sites for hydroxylation is 1. The van der Waals surface area contributed by atoms with Crippen LogP contribution in [0.1, 0.15) is 47.1 Å². The molecule has 0 nitrogen and oxygen atoms in total. The Kier molecular flexibility index (Phi) is 56.4. The van der Waals surface area contributed by atoms with E-state index in [1.165, 1.54) is 5.56 Å². The number of rotatable bonds is 0. The van der Waals surface area contributed by atoms with Crippen LogP contribution in [-0.4, -0.2) is 12.5 Å². The highest BCUT2D eigenvalue weighted by Gasteiger charge is 1.72. The maximum absolute atomic E-state index is 2.08. The molecule has 1 aromatic rings. The normalized spacial score (nSPS) is 6.06. The van der Waals surface area contributed by atoms with Crippen LogP contribution in [0, 0.1) is 6.92 Å². The molecular formula is C15H32S. The highest BCUT2D eigenvalue weighted by Crippen LogP contribution is 1.92. The molecule has 16 heavy (non-hydrogen) atoms. The maximum atomic E-state index is 2.08. The molecule has 0 amide bonds. The molecule has 0 radical (unpaired) electrons. The molecule has 0 aliphatic carbocycles. The van der Waals surface area contributed by atoms with Gasteiger partial charge in [-0.2, -0.15) is 11.8 Å². The van der Waals surface area contributed by atoms with Gasteiger partial charge >= 0.3 is 0 Å². The average molecular weight is 244 g/mol. The van der Waals surface area contributed by atoms with Crippen molar-refractivity contribution < 1.29 is 0 Å². The van der Waals surface area contributed by atoms with E-state index in [0.717, 1.165) is 0 Å². The van der Waals surface area contributed by atoms with Crippen molar-refractivity contribution in [2.24, 2.45) is 0 Å². The Hall–Kier alpha value is -0.430. The fourth-order valence-electron chi connectivity index (χ4n) is 0.534. The van der Waals surface area contributed by atoms with E-state index in [0.29, 0.717) is 0 Å². The first-order valence-electron chi connectivity index (χ1n) is 6.23. The maximum Gasteiger partial charge on any atom is -0.0187 e. The standard InChI is InChI=1S/C7H8.C2H6S.3C2H6/c1-7-5-3-2-4-6-7;1-3-2;3*1-2/h2-6H,1H3;1-2H3;3*1-2H3. The summed E-state index contributed by atoms with van der Waals surface area (Å²) in [4.78, 5) is 0. The van der Waals surface area contributed by atoms with Gasteiger partial charge < -0.3 is 0 Å². The van der Waals surface area contributed by atoms with Crippen LogP contribution in [0.2, 0.25) is 0 Å². The quantitative estimate of drug-likeness (QED) is 0.535. The molecule has 1 rings (SSSR count). The van der Waals surface area contributed by atoms with E-state index in [2.05, 4.69) is 19.1 Å². The van der Waals surface area contributed by atoms with Gasteiger partial charge in [0.1, 0.15) is 0 Å². The van der Waals surface area contributed by atoms with Crippen molar-refractivity contribution in [2.75, 3.05) is 12.5 Å². The Bertz CT molecular complexity index is 147. The highest BCUT2D eigenvalue weighted by molar-refractivity contribution is 7.97. The summed E-state index contributed by atoms with van der Waals surface area (Å²) in [7, 11) is 0. The van der Waals surface area contributed by atoms with Crippen LogP contribution in [-0.2, 0) is 0 Å². The van der Waals surface area contributed by atoms with E-state index in [-0.39, 0.29) is 0 Å². The van der Waals surface area contributed by atoms with Gasteiger partial charge in [0, 0.05) is 0 Å². The monoisotopic (exact) mass is 244 g/mol. The minimum atomic E-state index is 1.32. The predicted octanol–water partition coefficient (Wildman–Crippen LogP) is 6.05. The molecular weight excluding hydrogens is 212 g/mol. The first kappa shape index (κ1) is 24.7. The summed E-state index contributed by atoms with van der Waals surface area (Å²) in [6.45, 7) is 14.1. The van der Waals surface area contributed by atoms with Crippen LogP contribution < -0.4 is 0 Å². The number of hydrogen-bond donors (Lipinski definition) is 0. The molecule has 0 heterocycles. The minimum absolute atomic E-state index is 1.32. The Morgan fingerprint density at radius 3 is 1.06 bits per heavy atom. The summed E-state index contributed by atoms with van der Waals surface area (Å²) >= 11 is 1.75. The SMILES string of the molecule is CC.CC.CC.CSC.Cc1ccccc1. The van der Waals surface area contributed by atoms with Gasteiger partial charge in [0.05, 0.1) is 0 Å². The molecule has 0 N–H and O–H groups in total. The lowest BCUT2D eigenvalue weighted by Gasteiger charge is -1.82. The smallest absolute Gasteiger partial charge is 0.0187 e. The van der Waals surface area contributed by atoms with Gasteiger partial charge in [-0.3, -0.25) is 0 Å². The van der Waals surface area contributed by atoms with Gasteiger partial charge in [-0.25, -0.2) is 0 Å². The molecule has 0 aromatic heterocycles. The Labute approximate surface area is 109 Å². The Morgan fingerprint density at radius 2 is 0.938 bits per heavy atom. The van der Waals surface area contributed by atoms with Crippen LogP contribution in [0.5, 0.6) is 0 Å². The third-order valence-corrected chi connectivity index (χ3v) is 0.940. The zero-order valence-electron chi connectivity index (χ0n) is 12.8. The largest absolute Gasteiger partial charge is 0.169 e. The zero-order chi connectivity index (χ0) is 13.8. The molecule has 1 aromatic carbocycles. The first-order chi connectivity index (χ1) is 7.81. The summed E-state index contributed by atoms with van der Waals surface area (Å²) in [5, 5.41) is 0. The molecule has 0 fully saturated rings. The Balaban J connectivity index is -0.0000000688. The van der Waals surface area contributed by atoms with E-state index < -0.39 is 0 Å². The second-order valence-electron chi connectivity index (χ2n) is 2.06. The molecule has 0 saturated carbocycles. The lowest BCUT2D eigenvalue weighted by atomic mass is 10.2. The molecule has 0 aliphatic heterocycles. The summed E-state index contributed by atoms with van der Waals surface area (Å²) in [5.74, 6) is 0. The molecule has 0 spiro atoms. The van der Waals surface area contributed by atoms with Crippen LogP contribution in [0.15, 0.2) is 30.3 Å². The average Bonchev–Trinajstić information content (AvgIpc) is 2.38. The van der Waals surface area contributed by atoms with Gasteiger partial charge in [-0.15, -0.1) is 0 Å². The van der Waals surface area contributed by atoms with Crippen molar-refractivity contribution in [2.45, 2.75) is 48.5 Å². The molecule has 1 heteroatoms. The molecule has 0 unspecified atom stereocenters. The minimum Gasteiger partial charge on any atom is -0.169 e. The van der Waals surface area contributed by atoms with Gasteiger partial charge in [-0.1, -0.05) is 77.4 Å². The van der Waals surface area contributed by atoms with Gasteiger partial charge in [-0.05, 0) is 19.4 Å². The van der Waals surface area contributed by atoms with Crippen molar-refractivity contribution >= 4 is 11.8 Å². The predicted molar refractivity (Wildman–Crippen MR) is 84.7 cm³/mol. The fourth-order valence-corrected chi connectivity index (χ4v) is 0.534. The lowest BCUT2D eigenvalue weighted by Crippen LogP contribution is -1.62. The van der Waals surface area contributed by atoms with E-state index in [4.69, 9.17) is 0 Å². The topological polar surface area (TPSA) is 0 Å². The second kappa shape index (κ2) is 36.5. The summed E-state index contributed by atoms with van der Waals surface area (Å²) in [5.41, 5.74) is 1.32. The summed E-state index contributed by atoms with van der Waals surface area (Å²) in [6, 6.07) is 10.3. The van der Waals surface area contributed by atoms with Crippen LogP contribution in [0.3, 0.4) is 0 Å². The molecule has 0 bridgehead atoms. The molecule has 0 saturated heterocycles. The van der Waals surface area contributed by atoms with Crippen LogP contribution in [0.4, 0.5) is 0 Å². The third kappa shape index (κ3) is 37.4. The first-order valence-corrected chi connectivity index (χ1v) is 7.86. The van der Waals surface area contributed by atoms with Gasteiger partial charge in [0.25, 0.3) is 0 Å². The van der Waals surface area contributed by atoms with Crippen molar-refractivity contribution in [3.05, 3.63) is 35.9 Å². The highest BCUT2D eigenvalue weighted by atomic mass is 32.2. The van der Waals surface area contributed by atoms with Crippen LogP contribution >= 0.6 is 11.8 Å². The number of hydrogen-bond acceptors (Lipinski definition) is 1. The van der Waals surface area contributed by atoms with Gasteiger partial charge in [0.15, 0.2) is 0 Å². The second-order valence-corrected chi connectivity index (χ2v) is 2.88. The fraction of sp³-hybridized carbons (Fsp3) is 0.600. The van der Waals surface area contributed by atoms with E-state index in [1.54, 1.807) is 11.8 Å². The Morgan fingerprint density at radius 1 is 0.688 bits per heavy atom. The third-order valence-electron chi connectivity index (χ3n) is 0.940. The summed E-state index contributed by atoms with van der Waals surface area (Å²) in [6.07, 6.45) is 4.08. The molecule has 0 aliphatic rings. The summed E-state index contributed by atoms with van der Waals surface area (Å²) < 4.78 is 0. The lowest BCUT2D eigenvalue weighted by molar-refractivity contribution is 1.48. The molecule has 98 valence electrons. The van der Waals surface area contributed by atoms with Crippen molar-refractivity contribution in [3.8, 4) is 0 Å².